The van der Waals surface area contributed by atoms with Gasteiger partial charge in [-0.1, -0.05) is 17.7 Å². The molecule has 0 spiro atoms. The quantitative estimate of drug-likeness (QED) is 0.488. The summed E-state index contributed by atoms with van der Waals surface area (Å²) in [5.41, 5.74) is 3.20. The molecule has 13 heavy (non-hydrogen) atoms. The van der Waals surface area contributed by atoms with Crippen LogP contribution in [0.3, 0.4) is 0 Å². The Morgan fingerprint density at radius 2 is 1.62 bits per heavy atom. The zero-order valence-corrected chi connectivity index (χ0v) is 8.47. The summed E-state index contributed by atoms with van der Waals surface area (Å²) in [5, 5.41) is 0. The molecule has 0 saturated carbocycles. The summed E-state index contributed by atoms with van der Waals surface area (Å²) in [7, 11) is 0. The molecule has 1 aromatic carbocycles. The summed E-state index contributed by atoms with van der Waals surface area (Å²) in [6, 6.07) is 4.01. The van der Waals surface area contributed by atoms with Gasteiger partial charge in [-0.05, 0) is 31.9 Å². The Balaban J connectivity index is 3.13. The van der Waals surface area contributed by atoms with Gasteiger partial charge in [0.2, 0.25) is 0 Å². The second-order valence-corrected chi connectivity index (χ2v) is 3.32. The molecular weight excluding hydrogens is 164 g/mol. The first-order valence-electron chi connectivity index (χ1n) is 4.27. The third-order valence-corrected chi connectivity index (χ3v) is 1.85. The van der Waals surface area contributed by atoms with E-state index in [0.29, 0.717) is 5.75 Å². The van der Waals surface area contributed by atoms with Crippen LogP contribution in [0.4, 0.5) is 0 Å². The third-order valence-electron chi connectivity index (χ3n) is 1.85. The van der Waals surface area contributed by atoms with Crippen molar-refractivity contribution in [2.24, 2.45) is 0 Å². The van der Waals surface area contributed by atoms with Gasteiger partial charge in [0, 0.05) is 6.92 Å². The van der Waals surface area contributed by atoms with E-state index in [1.165, 1.54) is 12.5 Å². The minimum atomic E-state index is -0.268. The number of esters is 1. The van der Waals surface area contributed by atoms with Gasteiger partial charge < -0.3 is 4.74 Å². The lowest BCUT2D eigenvalue weighted by molar-refractivity contribution is -0.131. The van der Waals surface area contributed by atoms with Crippen molar-refractivity contribution in [3.8, 4) is 5.75 Å². The van der Waals surface area contributed by atoms with E-state index in [1.807, 2.05) is 32.9 Å². The molecule has 0 radical (unpaired) electrons. The minimum absolute atomic E-state index is 0.268. The van der Waals surface area contributed by atoms with Crippen molar-refractivity contribution in [1.29, 1.82) is 0 Å². The maximum atomic E-state index is 10.8. The Morgan fingerprint density at radius 1 is 1.15 bits per heavy atom. The van der Waals surface area contributed by atoms with Crippen LogP contribution in [0, 0.1) is 20.8 Å². The van der Waals surface area contributed by atoms with E-state index in [-0.39, 0.29) is 5.97 Å². The van der Waals surface area contributed by atoms with Gasteiger partial charge in [-0.3, -0.25) is 4.79 Å². The van der Waals surface area contributed by atoms with E-state index in [2.05, 4.69) is 0 Å². The maximum absolute atomic E-state index is 10.8. The van der Waals surface area contributed by atoms with E-state index in [0.717, 1.165) is 11.1 Å². The standard InChI is InChI=1S/C11H14O2/c1-7-5-8(2)11(9(3)6-7)13-10(4)12/h5-6H,1-4H3. The van der Waals surface area contributed by atoms with Crippen LogP contribution in [0.15, 0.2) is 12.1 Å². The van der Waals surface area contributed by atoms with Crippen LogP contribution >= 0.6 is 0 Å². The molecule has 0 aliphatic carbocycles. The zero-order valence-electron chi connectivity index (χ0n) is 8.47. The third kappa shape index (κ3) is 2.31. The molecule has 0 aromatic heterocycles. The summed E-state index contributed by atoms with van der Waals surface area (Å²) in [6.07, 6.45) is 0. The SMILES string of the molecule is CC(=O)Oc1c(C)cc(C)cc1C. The van der Waals surface area contributed by atoms with Gasteiger partial charge in [0.05, 0.1) is 0 Å². The minimum Gasteiger partial charge on any atom is -0.426 e. The Kier molecular flexibility index (Phi) is 2.71. The monoisotopic (exact) mass is 178 g/mol. The topological polar surface area (TPSA) is 26.3 Å². The molecule has 0 heterocycles. The van der Waals surface area contributed by atoms with Gasteiger partial charge in [-0.25, -0.2) is 0 Å². The van der Waals surface area contributed by atoms with Gasteiger partial charge in [0.15, 0.2) is 0 Å². The fourth-order valence-corrected chi connectivity index (χ4v) is 1.47. The average Bonchev–Trinajstić information content (AvgIpc) is 1.96. The van der Waals surface area contributed by atoms with Crippen LogP contribution in [0.25, 0.3) is 0 Å². The van der Waals surface area contributed by atoms with E-state index in [4.69, 9.17) is 4.74 Å². The number of hydrogen-bond acceptors (Lipinski definition) is 2. The molecule has 0 fully saturated rings. The molecule has 2 heteroatoms. The van der Waals surface area contributed by atoms with Crippen LogP contribution in [-0.4, -0.2) is 5.97 Å². The second-order valence-electron chi connectivity index (χ2n) is 3.32. The lowest BCUT2D eigenvalue weighted by atomic mass is 10.1. The zero-order chi connectivity index (χ0) is 10.0. The number of ether oxygens (including phenoxy) is 1. The molecule has 1 rings (SSSR count). The maximum Gasteiger partial charge on any atom is 0.308 e. The lowest BCUT2D eigenvalue weighted by Crippen LogP contribution is -2.04. The van der Waals surface area contributed by atoms with Crippen molar-refractivity contribution in [2.45, 2.75) is 27.7 Å². The molecule has 0 aliphatic heterocycles. The van der Waals surface area contributed by atoms with E-state index >= 15 is 0 Å². The van der Waals surface area contributed by atoms with Crippen LogP contribution < -0.4 is 4.74 Å². The molecule has 0 unspecified atom stereocenters. The van der Waals surface area contributed by atoms with Crippen molar-refractivity contribution in [3.63, 3.8) is 0 Å². The Labute approximate surface area is 78.5 Å². The van der Waals surface area contributed by atoms with Crippen molar-refractivity contribution < 1.29 is 9.53 Å². The molecule has 0 bridgehead atoms. The highest BCUT2D eigenvalue weighted by atomic mass is 16.5. The smallest absolute Gasteiger partial charge is 0.308 e. The molecule has 2 nitrogen and oxygen atoms in total. The first-order chi connectivity index (χ1) is 6.00. The number of carbonyl (C=O) groups excluding carboxylic acids is 1. The summed E-state index contributed by atoms with van der Waals surface area (Å²) < 4.78 is 5.09. The Hall–Kier alpha value is -1.31. The number of carbonyl (C=O) groups is 1. The Bertz CT molecular complexity index is 317. The molecule has 70 valence electrons. The fourth-order valence-electron chi connectivity index (χ4n) is 1.47. The molecule has 0 saturated heterocycles. The predicted octanol–water partition coefficient (Wildman–Crippen LogP) is 2.54. The van der Waals surface area contributed by atoms with Gasteiger partial charge in [-0.15, -0.1) is 0 Å². The Morgan fingerprint density at radius 3 is 2.00 bits per heavy atom. The molecule has 0 aliphatic rings. The highest BCUT2D eigenvalue weighted by Gasteiger charge is 2.06. The second kappa shape index (κ2) is 3.60. The average molecular weight is 178 g/mol. The van der Waals surface area contributed by atoms with Crippen molar-refractivity contribution in [1.82, 2.24) is 0 Å². The molecule has 1 aromatic rings. The summed E-state index contributed by atoms with van der Waals surface area (Å²) in [4.78, 5) is 10.8. The predicted molar refractivity (Wildman–Crippen MR) is 52.0 cm³/mol. The highest BCUT2D eigenvalue weighted by molar-refractivity contribution is 5.70. The summed E-state index contributed by atoms with van der Waals surface area (Å²) in [5.74, 6) is 0.424. The summed E-state index contributed by atoms with van der Waals surface area (Å²) >= 11 is 0. The van der Waals surface area contributed by atoms with Crippen molar-refractivity contribution >= 4 is 5.97 Å². The normalized spacial score (nSPS) is 9.85. The fraction of sp³-hybridized carbons (Fsp3) is 0.364. The van der Waals surface area contributed by atoms with Gasteiger partial charge in [0.25, 0.3) is 0 Å². The van der Waals surface area contributed by atoms with E-state index < -0.39 is 0 Å². The van der Waals surface area contributed by atoms with Gasteiger partial charge in [-0.2, -0.15) is 0 Å². The lowest BCUT2D eigenvalue weighted by Gasteiger charge is -2.09. The number of rotatable bonds is 1. The van der Waals surface area contributed by atoms with Crippen LogP contribution in [0.1, 0.15) is 23.6 Å². The highest BCUT2D eigenvalue weighted by Crippen LogP contribution is 2.24. The van der Waals surface area contributed by atoms with Crippen LogP contribution in [-0.2, 0) is 4.79 Å². The molecular formula is C11H14O2. The first kappa shape index (κ1) is 9.78. The molecule has 0 amide bonds. The van der Waals surface area contributed by atoms with Crippen molar-refractivity contribution in [2.75, 3.05) is 0 Å². The van der Waals surface area contributed by atoms with Crippen LogP contribution in [0.2, 0.25) is 0 Å². The largest absolute Gasteiger partial charge is 0.426 e. The van der Waals surface area contributed by atoms with Crippen LogP contribution in [0.5, 0.6) is 5.75 Å². The van der Waals surface area contributed by atoms with Gasteiger partial charge >= 0.3 is 5.97 Å². The van der Waals surface area contributed by atoms with Gasteiger partial charge in [0.1, 0.15) is 5.75 Å². The first-order valence-corrected chi connectivity index (χ1v) is 4.27. The molecule has 0 atom stereocenters. The van der Waals surface area contributed by atoms with E-state index in [9.17, 15) is 4.79 Å². The number of aryl methyl sites for hydroxylation is 3. The summed E-state index contributed by atoms with van der Waals surface area (Å²) in [6.45, 7) is 7.33. The van der Waals surface area contributed by atoms with Crippen molar-refractivity contribution in [3.05, 3.63) is 28.8 Å². The van der Waals surface area contributed by atoms with E-state index in [1.54, 1.807) is 0 Å². The molecule has 0 N–H and O–H groups in total. The number of hydrogen-bond donors (Lipinski definition) is 0. The number of benzene rings is 1.